The van der Waals surface area contributed by atoms with Gasteiger partial charge in [0, 0.05) is 5.69 Å². The summed E-state index contributed by atoms with van der Waals surface area (Å²) in [6, 6.07) is 12.8. The smallest absolute Gasteiger partial charge is 0.130 e. The van der Waals surface area contributed by atoms with E-state index in [1.165, 1.54) is 0 Å². The van der Waals surface area contributed by atoms with E-state index in [2.05, 4.69) is 16.4 Å². The maximum atomic E-state index is 8.65. The van der Waals surface area contributed by atoms with Gasteiger partial charge in [-0.25, -0.2) is 4.98 Å². The number of anilines is 3. The van der Waals surface area contributed by atoms with Crippen molar-refractivity contribution in [2.24, 2.45) is 0 Å². The van der Waals surface area contributed by atoms with Gasteiger partial charge in [-0.05, 0) is 36.4 Å². The minimum absolute atomic E-state index is 0.630. The Bertz CT molecular complexity index is 508. The van der Waals surface area contributed by atoms with E-state index in [-0.39, 0.29) is 0 Å². The zero-order chi connectivity index (χ0) is 11.4. The molecule has 0 atom stereocenters. The highest BCUT2D eigenvalue weighted by Gasteiger charge is 1.96. The second-order valence-corrected chi connectivity index (χ2v) is 3.29. The maximum absolute atomic E-state index is 8.65. The number of nitrogens with one attached hydrogen (secondary N) is 1. The summed E-state index contributed by atoms with van der Waals surface area (Å²) in [5.74, 6) is 0.721. The zero-order valence-corrected chi connectivity index (χ0v) is 8.51. The molecule has 1 heterocycles. The molecule has 16 heavy (non-hydrogen) atoms. The quantitative estimate of drug-likeness (QED) is 0.797. The maximum Gasteiger partial charge on any atom is 0.130 e. The van der Waals surface area contributed by atoms with Gasteiger partial charge in [0.1, 0.15) is 5.82 Å². The van der Waals surface area contributed by atoms with Crippen molar-refractivity contribution in [2.45, 2.75) is 0 Å². The van der Waals surface area contributed by atoms with Gasteiger partial charge >= 0.3 is 0 Å². The summed E-state index contributed by atoms with van der Waals surface area (Å²) in [6.45, 7) is 0. The van der Waals surface area contributed by atoms with Crippen LogP contribution in [-0.2, 0) is 0 Å². The summed E-state index contributed by atoms with van der Waals surface area (Å²) < 4.78 is 0. The lowest BCUT2D eigenvalue weighted by Crippen LogP contribution is -1.94. The van der Waals surface area contributed by atoms with Crippen molar-refractivity contribution < 1.29 is 0 Å². The zero-order valence-electron chi connectivity index (χ0n) is 8.51. The first-order valence-electron chi connectivity index (χ1n) is 4.76. The molecular weight excluding hydrogens is 200 g/mol. The Morgan fingerprint density at radius 1 is 1.12 bits per heavy atom. The molecule has 78 valence electrons. The monoisotopic (exact) mass is 210 g/mol. The molecule has 2 rings (SSSR count). The number of nitriles is 1. The molecule has 0 radical (unpaired) electrons. The summed E-state index contributed by atoms with van der Waals surface area (Å²) in [4.78, 5) is 4.12. The fourth-order valence-electron chi connectivity index (χ4n) is 1.26. The summed E-state index contributed by atoms with van der Waals surface area (Å²) in [5, 5.41) is 11.8. The fraction of sp³-hybridized carbons (Fsp3) is 0. The Labute approximate surface area is 93.4 Å². The SMILES string of the molecule is N#Cc1ccc(Nc2ccc(N)cn2)cc1. The van der Waals surface area contributed by atoms with E-state index < -0.39 is 0 Å². The fourth-order valence-corrected chi connectivity index (χ4v) is 1.26. The third-order valence-electron chi connectivity index (χ3n) is 2.07. The summed E-state index contributed by atoms with van der Waals surface area (Å²) >= 11 is 0. The molecule has 2 aromatic rings. The van der Waals surface area contributed by atoms with E-state index in [0.29, 0.717) is 11.3 Å². The van der Waals surface area contributed by atoms with Crippen molar-refractivity contribution in [3.8, 4) is 6.07 Å². The van der Waals surface area contributed by atoms with E-state index in [1.807, 2.05) is 12.1 Å². The second-order valence-electron chi connectivity index (χ2n) is 3.29. The molecule has 0 aliphatic carbocycles. The van der Waals surface area contributed by atoms with Gasteiger partial charge < -0.3 is 11.1 Å². The first-order chi connectivity index (χ1) is 7.78. The van der Waals surface area contributed by atoms with Crippen molar-refractivity contribution in [2.75, 3.05) is 11.1 Å². The molecule has 0 amide bonds. The third-order valence-corrected chi connectivity index (χ3v) is 2.07. The van der Waals surface area contributed by atoms with E-state index in [9.17, 15) is 0 Å². The lowest BCUT2D eigenvalue weighted by molar-refractivity contribution is 1.31. The van der Waals surface area contributed by atoms with E-state index in [1.54, 1.807) is 30.5 Å². The van der Waals surface area contributed by atoms with Crippen molar-refractivity contribution in [1.29, 1.82) is 5.26 Å². The molecule has 1 aromatic carbocycles. The molecule has 4 nitrogen and oxygen atoms in total. The highest BCUT2D eigenvalue weighted by Crippen LogP contribution is 2.15. The number of pyridine rings is 1. The van der Waals surface area contributed by atoms with E-state index in [4.69, 9.17) is 11.0 Å². The lowest BCUT2D eigenvalue weighted by atomic mass is 10.2. The van der Waals surface area contributed by atoms with Crippen LogP contribution in [0.3, 0.4) is 0 Å². The van der Waals surface area contributed by atoms with Crippen LogP contribution in [0.2, 0.25) is 0 Å². The number of rotatable bonds is 2. The topological polar surface area (TPSA) is 74.7 Å². The van der Waals surface area contributed by atoms with E-state index in [0.717, 1.165) is 11.5 Å². The summed E-state index contributed by atoms with van der Waals surface area (Å²) in [5.41, 5.74) is 7.68. The number of hydrogen-bond acceptors (Lipinski definition) is 4. The number of benzene rings is 1. The minimum Gasteiger partial charge on any atom is -0.397 e. The van der Waals surface area contributed by atoms with Crippen molar-refractivity contribution in [3.63, 3.8) is 0 Å². The van der Waals surface area contributed by atoms with Gasteiger partial charge in [0.25, 0.3) is 0 Å². The molecule has 3 N–H and O–H groups in total. The Morgan fingerprint density at radius 3 is 2.44 bits per heavy atom. The van der Waals surface area contributed by atoms with Crippen molar-refractivity contribution in [1.82, 2.24) is 4.98 Å². The number of aromatic nitrogens is 1. The molecule has 0 saturated heterocycles. The summed E-state index contributed by atoms with van der Waals surface area (Å²) in [6.07, 6.45) is 1.59. The molecule has 0 unspecified atom stereocenters. The molecule has 0 saturated carbocycles. The molecule has 0 bridgehead atoms. The number of nitrogens with two attached hydrogens (primary N) is 1. The standard InChI is InChI=1S/C12H10N4/c13-7-9-1-4-11(5-2-9)16-12-6-3-10(14)8-15-12/h1-6,8H,14H2,(H,15,16). The first kappa shape index (κ1) is 9.99. The average Bonchev–Trinajstić information content (AvgIpc) is 2.33. The molecular formula is C12H10N4. The van der Waals surface area contributed by atoms with Crippen LogP contribution in [0.15, 0.2) is 42.6 Å². The average molecular weight is 210 g/mol. The van der Waals surface area contributed by atoms with Crippen LogP contribution in [0.5, 0.6) is 0 Å². The van der Waals surface area contributed by atoms with Gasteiger partial charge in [-0.3, -0.25) is 0 Å². The number of nitrogen functional groups attached to an aromatic ring is 1. The molecule has 0 fully saturated rings. The molecule has 1 aromatic heterocycles. The number of hydrogen-bond donors (Lipinski definition) is 2. The van der Waals surface area contributed by atoms with Crippen LogP contribution in [0.1, 0.15) is 5.56 Å². The first-order valence-corrected chi connectivity index (χ1v) is 4.76. The van der Waals surface area contributed by atoms with Gasteiger partial charge in [-0.15, -0.1) is 0 Å². The van der Waals surface area contributed by atoms with Gasteiger partial charge in [0.15, 0.2) is 0 Å². The van der Waals surface area contributed by atoms with Gasteiger partial charge in [-0.2, -0.15) is 5.26 Å². The molecule has 4 heteroatoms. The van der Waals surface area contributed by atoms with Crippen LogP contribution in [-0.4, -0.2) is 4.98 Å². The summed E-state index contributed by atoms with van der Waals surface area (Å²) in [7, 11) is 0. The third kappa shape index (κ3) is 2.28. The Hall–Kier alpha value is -2.54. The lowest BCUT2D eigenvalue weighted by Gasteiger charge is -2.05. The molecule has 0 spiro atoms. The van der Waals surface area contributed by atoms with Crippen LogP contribution in [0.4, 0.5) is 17.2 Å². The van der Waals surface area contributed by atoms with E-state index >= 15 is 0 Å². The Kier molecular flexibility index (Phi) is 2.70. The van der Waals surface area contributed by atoms with Gasteiger partial charge in [0.05, 0.1) is 23.5 Å². The number of nitrogens with zero attached hydrogens (tertiary/aromatic N) is 2. The van der Waals surface area contributed by atoms with Gasteiger partial charge in [0.2, 0.25) is 0 Å². The van der Waals surface area contributed by atoms with Crippen LogP contribution < -0.4 is 11.1 Å². The normalized spacial score (nSPS) is 9.44. The van der Waals surface area contributed by atoms with Crippen LogP contribution in [0, 0.1) is 11.3 Å². The molecule has 0 aliphatic rings. The van der Waals surface area contributed by atoms with Gasteiger partial charge in [-0.1, -0.05) is 0 Å². The Morgan fingerprint density at radius 2 is 1.88 bits per heavy atom. The minimum atomic E-state index is 0.630. The Balaban J connectivity index is 2.15. The van der Waals surface area contributed by atoms with Crippen molar-refractivity contribution in [3.05, 3.63) is 48.2 Å². The predicted octanol–water partition coefficient (Wildman–Crippen LogP) is 2.28. The highest BCUT2D eigenvalue weighted by atomic mass is 15.0. The largest absolute Gasteiger partial charge is 0.397 e. The highest BCUT2D eigenvalue weighted by molar-refractivity contribution is 5.58. The van der Waals surface area contributed by atoms with Crippen LogP contribution >= 0.6 is 0 Å². The second kappa shape index (κ2) is 4.32. The van der Waals surface area contributed by atoms with Crippen molar-refractivity contribution >= 4 is 17.2 Å². The predicted molar refractivity (Wildman–Crippen MR) is 63.1 cm³/mol. The molecule has 0 aliphatic heterocycles. The van der Waals surface area contributed by atoms with Crippen LogP contribution in [0.25, 0.3) is 0 Å².